The van der Waals surface area contributed by atoms with Crippen LogP contribution in [0.5, 0.6) is 0 Å². The van der Waals surface area contributed by atoms with E-state index in [-0.39, 0.29) is 29.3 Å². The summed E-state index contributed by atoms with van der Waals surface area (Å²) in [6.45, 7) is -1.31. The first-order valence-corrected chi connectivity index (χ1v) is 17.9. The van der Waals surface area contributed by atoms with Gasteiger partial charge in [0.05, 0.1) is 25.2 Å². The fraction of sp³-hybridized carbons (Fsp3) is 0.480. The van der Waals surface area contributed by atoms with Crippen LogP contribution in [-0.4, -0.2) is 105 Å². The largest absolute Gasteiger partial charge is 0.386 e. The Kier molecular flexibility index (Phi) is 7.78. The Balaban J connectivity index is 1.08. The number of carbonyl (C=O) groups excluding carboxylic acids is 1. The van der Waals surface area contributed by atoms with Gasteiger partial charge in [0.15, 0.2) is 30.1 Å². The summed E-state index contributed by atoms with van der Waals surface area (Å²) in [6, 6.07) is 1.65. The van der Waals surface area contributed by atoms with Crippen molar-refractivity contribution in [2.75, 3.05) is 24.3 Å². The number of aryl methyl sites for hydroxylation is 1. The lowest BCUT2D eigenvalue weighted by molar-refractivity contribution is -0.116. The zero-order valence-corrected chi connectivity index (χ0v) is 26.4. The minimum absolute atomic E-state index is 0.0468. The number of ether oxygens (including phenoxy) is 2. The smallest absolute Gasteiger partial charge is 0.264 e. The summed E-state index contributed by atoms with van der Waals surface area (Å²) >= 11 is 0. The number of alkyl halides is 1. The van der Waals surface area contributed by atoms with Gasteiger partial charge in [-0.25, -0.2) is 24.3 Å². The van der Waals surface area contributed by atoms with Crippen LogP contribution in [0.2, 0.25) is 0 Å². The molecule has 4 aromatic rings. The number of hydrogen-bond acceptors (Lipinski definition) is 15. The number of carbonyl (C=O) groups is 1. The van der Waals surface area contributed by atoms with Gasteiger partial charge in [0.1, 0.15) is 48.0 Å². The molecule has 4 aromatic heterocycles. The highest BCUT2D eigenvalue weighted by Gasteiger charge is 2.53. The summed E-state index contributed by atoms with van der Waals surface area (Å²) in [5, 5.41) is 15.0. The maximum atomic E-state index is 16.0. The SMILES string of the molecule is [B]P1(=O)OC[C@H]2O[C@@H](n3cnc4c(N)ncnc43)C(F)[C@H]2OP([B])(=O)OC[C@H]2O[C@@H](n3cc4c5c(ccnc53)NC(=O)CC4)[C@@H](O)C2O1. The first-order valence-electron chi connectivity index (χ1n) is 14.7. The summed E-state index contributed by atoms with van der Waals surface area (Å²) < 4.78 is 79.6. The molecule has 0 aromatic carbocycles. The molecule has 4 unspecified atom stereocenters. The van der Waals surface area contributed by atoms with Crippen molar-refractivity contribution in [3.05, 3.63) is 36.7 Å². The van der Waals surface area contributed by atoms with E-state index < -0.39 is 77.3 Å². The Labute approximate surface area is 272 Å². The summed E-state index contributed by atoms with van der Waals surface area (Å²) in [7, 11) is 2.77. The second-order valence-corrected chi connectivity index (χ2v) is 14.7. The molecule has 4 N–H and O–H groups in total. The Hall–Kier alpha value is -3.25. The van der Waals surface area contributed by atoms with Crippen LogP contribution >= 0.6 is 14.9 Å². The molecule has 18 nitrogen and oxygen atoms in total. The molecule has 0 saturated carbocycles. The summed E-state index contributed by atoms with van der Waals surface area (Å²) in [4.78, 5) is 28.7. The number of fused-ring (bicyclic) bond motifs is 3. The highest BCUT2D eigenvalue weighted by atomic mass is 31.2. The van der Waals surface area contributed by atoms with Crippen molar-refractivity contribution in [3.63, 3.8) is 0 Å². The third kappa shape index (κ3) is 5.47. The van der Waals surface area contributed by atoms with Gasteiger partial charge >= 0.3 is 0 Å². The maximum absolute atomic E-state index is 16.0. The predicted octanol–water partition coefficient (Wildman–Crippen LogP) is 1.21. The number of imidazole rings is 1. The molecule has 48 heavy (non-hydrogen) atoms. The number of hydrogen-bond donors (Lipinski definition) is 3. The van der Waals surface area contributed by atoms with Crippen molar-refractivity contribution in [2.24, 2.45) is 0 Å². The van der Waals surface area contributed by atoms with Crippen molar-refractivity contribution >= 4 is 69.7 Å². The van der Waals surface area contributed by atoms with Crippen LogP contribution < -0.4 is 11.1 Å². The molecule has 10 atom stereocenters. The fourth-order valence-corrected chi connectivity index (χ4v) is 8.43. The van der Waals surface area contributed by atoms with Gasteiger partial charge in [-0.3, -0.25) is 18.5 Å². The molecular formula is C25H25B2FN8O10P2. The van der Waals surface area contributed by atoms with Gasteiger partial charge < -0.3 is 48.3 Å². The third-order valence-corrected chi connectivity index (χ3v) is 10.7. The molecule has 0 bridgehead atoms. The van der Waals surface area contributed by atoms with E-state index in [2.05, 4.69) is 25.3 Å². The zero-order chi connectivity index (χ0) is 33.5. The average Bonchev–Trinajstić information content (AvgIpc) is 3.75. The molecule has 0 spiro atoms. The van der Waals surface area contributed by atoms with E-state index in [9.17, 15) is 19.0 Å². The third-order valence-electron chi connectivity index (χ3n) is 8.57. The molecule has 4 aliphatic rings. The van der Waals surface area contributed by atoms with Gasteiger partial charge in [-0.2, -0.15) is 0 Å². The standard InChI is InChI=1S/C25H25B2FN8O10P2/c26-47(39)42-7-13-20(18(38)25(44-13)35-5-10-1-2-14(37)34-11-3-4-30-22(35)15(10)11)46-48(27,40)41-6-12-19(45-47)16(28)24(43-12)36-9-33-17-21(29)31-8-32-23(17)36/h3-5,8-9,12-13,16,18-20,24-25,38H,1-2,6-7H2,(H,34,37)(H2,29,31,32)/t12-,13-,16?,18+,19+,20?,24-,25-,47?,48?/m1/s1. The van der Waals surface area contributed by atoms with Gasteiger partial charge in [-0.1, -0.05) is 0 Å². The first kappa shape index (κ1) is 32.0. The van der Waals surface area contributed by atoms with Crippen LogP contribution in [0, 0.1) is 0 Å². The molecular weight excluding hydrogens is 675 g/mol. The highest BCUT2D eigenvalue weighted by molar-refractivity contribution is 7.79. The number of nitrogens with one attached hydrogen (secondary N) is 1. The molecule has 8 rings (SSSR count). The van der Waals surface area contributed by atoms with Crippen LogP contribution in [0.25, 0.3) is 22.2 Å². The number of aliphatic hydroxyl groups is 1. The number of rotatable bonds is 2. The van der Waals surface area contributed by atoms with E-state index in [1.54, 1.807) is 12.3 Å². The normalized spacial score (nSPS) is 37.3. The maximum Gasteiger partial charge on any atom is 0.264 e. The second kappa shape index (κ2) is 11.7. The highest BCUT2D eigenvalue weighted by Crippen LogP contribution is 2.54. The van der Waals surface area contributed by atoms with Crippen LogP contribution in [0.1, 0.15) is 24.4 Å². The Morgan fingerprint density at radius 2 is 1.67 bits per heavy atom. The van der Waals surface area contributed by atoms with Gasteiger partial charge in [-0.15, -0.1) is 0 Å². The number of pyridine rings is 1. The van der Waals surface area contributed by atoms with Gasteiger partial charge in [0.2, 0.25) is 21.0 Å². The van der Waals surface area contributed by atoms with E-state index in [0.29, 0.717) is 23.1 Å². The van der Waals surface area contributed by atoms with Crippen molar-refractivity contribution in [2.45, 2.75) is 62.0 Å². The molecule has 4 aliphatic heterocycles. The number of anilines is 2. The average molecular weight is 700 g/mol. The number of nitrogens with zero attached hydrogens (tertiary/aromatic N) is 6. The molecule has 3 saturated heterocycles. The number of aromatic nitrogens is 6. The van der Waals surface area contributed by atoms with Crippen LogP contribution in [0.4, 0.5) is 15.9 Å². The van der Waals surface area contributed by atoms with Crippen molar-refractivity contribution in [1.29, 1.82) is 0 Å². The van der Waals surface area contributed by atoms with Gasteiger partial charge in [-0.05, 0) is 18.1 Å². The molecule has 248 valence electrons. The molecule has 8 heterocycles. The molecule has 1 amide bonds. The zero-order valence-electron chi connectivity index (χ0n) is 24.6. The van der Waals surface area contributed by atoms with Gasteiger partial charge in [0.25, 0.3) is 14.9 Å². The van der Waals surface area contributed by atoms with Crippen LogP contribution in [0.3, 0.4) is 0 Å². The number of aliphatic hydroxyl groups excluding tert-OH is 1. The minimum Gasteiger partial charge on any atom is -0.386 e. The van der Waals surface area contributed by atoms with Crippen LogP contribution in [0.15, 0.2) is 31.1 Å². The first-order chi connectivity index (χ1) is 22.9. The quantitative estimate of drug-likeness (QED) is 0.197. The van der Waals surface area contributed by atoms with Crippen molar-refractivity contribution < 1.29 is 51.0 Å². The van der Waals surface area contributed by atoms with E-state index in [1.807, 2.05) is 0 Å². The minimum atomic E-state index is -4.57. The van der Waals surface area contributed by atoms with E-state index in [1.165, 1.54) is 21.7 Å². The Morgan fingerprint density at radius 3 is 2.44 bits per heavy atom. The Morgan fingerprint density at radius 1 is 0.958 bits per heavy atom. The van der Waals surface area contributed by atoms with Crippen molar-refractivity contribution in [1.82, 2.24) is 29.1 Å². The lowest BCUT2D eigenvalue weighted by Gasteiger charge is -2.30. The summed E-state index contributed by atoms with van der Waals surface area (Å²) in [5.74, 6) is -0.109. The van der Waals surface area contributed by atoms with E-state index >= 15 is 4.39 Å². The number of halogens is 1. The van der Waals surface area contributed by atoms with Gasteiger partial charge in [0, 0.05) is 24.2 Å². The number of amides is 1. The van der Waals surface area contributed by atoms with Crippen molar-refractivity contribution in [3.8, 4) is 0 Å². The molecule has 4 radical (unpaired) electrons. The lowest BCUT2D eigenvalue weighted by Crippen LogP contribution is -2.38. The molecule has 3 fully saturated rings. The van der Waals surface area contributed by atoms with E-state index in [4.69, 9.17) is 48.4 Å². The summed E-state index contributed by atoms with van der Waals surface area (Å²) in [5.41, 5.74) is 7.85. The van der Waals surface area contributed by atoms with Crippen LogP contribution in [-0.2, 0) is 47.9 Å². The van der Waals surface area contributed by atoms with E-state index in [0.717, 1.165) is 11.9 Å². The topological polar surface area (TPSA) is 226 Å². The Bertz CT molecular complexity index is 2040. The molecule has 0 aliphatic carbocycles. The summed E-state index contributed by atoms with van der Waals surface area (Å²) in [6.07, 6.45) is -5.92. The number of nitrogens with two attached hydrogens (primary N) is 1. The predicted molar refractivity (Wildman–Crippen MR) is 164 cm³/mol. The number of nitrogen functional groups attached to an aromatic ring is 1. The monoisotopic (exact) mass is 700 g/mol. The molecule has 23 heteroatoms. The fourth-order valence-electron chi connectivity index (χ4n) is 6.41. The second-order valence-electron chi connectivity index (χ2n) is 11.6. The lowest BCUT2D eigenvalue weighted by atomic mass is 10.1.